The summed E-state index contributed by atoms with van der Waals surface area (Å²) < 4.78 is 5.89. The second-order valence-corrected chi connectivity index (χ2v) is 6.66. The predicted molar refractivity (Wildman–Crippen MR) is 94.7 cm³/mol. The van der Waals surface area contributed by atoms with Crippen molar-refractivity contribution in [2.45, 2.75) is 70.3 Å². The summed E-state index contributed by atoms with van der Waals surface area (Å²) in [7, 11) is 0. The topological polar surface area (TPSA) is 55.4 Å². The summed E-state index contributed by atoms with van der Waals surface area (Å²) in [5.41, 5.74) is 0.172. The smallest absolute Gasteiger partial charge is 0.318 e. The Bertz CT molecular complexity index is 531. The van der Waals surface area contributed by atoms with Gasteiger partial charge in [-0.3, -0.25) is 9.59 Å². The van der Waals surface area contributed by atoms with Gasteiger partial charge in [-0.15, -0.1) is 0 Å². The molecule has 1 aliphatic rings. The molecule has 0 aromatic heterocycles. The fourth-order valence-corrected chi connectivity index (χ4v) is 3.28. The Hall–Kier alpha value is -1.84. The highest BCUT2D eigenvalue weighted by atomic mass is 16.5. The average molecular weight is 331 g/mol. The molecule has 2 rings (SSSR count). The molecule has 4 heteroatoms. The maximum absolute atomic E-state index is 13.1. The van der Waals surface area contributed by atoms with Crippen molar-refractivity contribution in [2.75, 3.05) is 6.54 Å². The van der Waals surface area contributed by atoms with Gasteiger partial charge >= 0.3 is 5.97 Å². The number of amides is 1. The molecule has 1 aromatic carbocycles. The number of carbonyl (C=O) groups excluding carboxylic acids is 2. The highest BCUT2D eigenvalue weighted by molar-refractivity contribution is 5.88. The van der Waals surface area contributed by atoms with E-state index in [2.05, 4.69) is 19.2 Å². The van der Waals surface area contributed by atoms with Crippen LogP contribution in [0.25, 0.3) is 0 Å². The molecule has 0 radical (unpaired) electrons. The molecule has 24 heavy (non-hydrogen) atoms. The van der Waals surface area contributed by atoms with Gasteiger partial charge in [0.1, 0.15) is 11.5 Å². The number of nitrogens with one attached hydrogen (secondary N) is 1. The van der Waals surface area contributed by atoms with Gasteiger partial charge in [-0.1, -0.05) is 57.0 Å². The van der Waals surface area contributed by atoms with E-state index < -0.39 is 5.41 Å². The quantitative estimate of drug-likeness (QED) is 0.583. The van der Waals surface area contributed by atoms with E-state index >= 15 is 0 Å². The van der Waals surface area contributed by atoms with Crippen LogP contribution in [-0.4, -0.2) is 24.5 Å². The van der Waals surface area contributed by atoms with Gasteiger partial charge < -0.3 is 10.1 Å². The molecule has 0 bridgehead atoms. The number of benzene rings is 1. The minimum absolute atomic E-state index is 0.00402. The van der Waals surface area contributed by atoms with Crippen LogP contribution in [0, 0.1) is 0 Å². The maximum atomic E-state index is 13.1. The maximum Gasteiger partial charge on any atom is 0.318 e. The summed E-state index contributed by atoms with van der Waals surface area (Å²) in [6.45, 7) is 4.55. The zero-order valence-electron chi connectivity index (χ0n) is 14.8. The lowest BCUT2D eigenvalue weighted by atomic mass is 9.74. The van der Waals surface area contributed by atoms with Crippen LogP contribution < -0.4 is 5.32 Å². The largest absolute Gasteiger partial charge is 0.462 e. The molecule has 1 N–H and O–H groups in total. The molecule has 0 saturated carbocycles. The summed E-state index contributed by atoms with van der Waals surface area (Å²) in [6, 6.07) is 9.70. The van der Waals surface area contributed by atoms with Crippen LogP contribution in [0.4, 0.5) is 0 Å². The monoisotopic (exact) mass is 331 g/mol. The zero-order chi connectivity index (χ0) is 17.4. The van der Waals surface area contributed by atoms with Crippen molar-refractivity contribution < 1.29 is 14.3 Å². The van der Waals surface area contributed by atoms with E-state index in [0.29, 0.717) is 19.4 Å². The molecule has 2 unspecified atom stereocenters. The van der Waals surface area contributed by atoms with Gasteiger partial charge in [-0.2, -0.15) is 0 Å². The second-order valence-electron chi connectivity index (χ2n) is 6.66. The molecule has 4 nitrogen and oxygen atoms in total. The van der Waals surface area contributed by atoms with E-state index in [0.717, 1.165) is 37.7 Å². The Kier molecular flexibility index (Phi) is 6.83. The standard InChI is InChI=1S/C20H29NO3/c1-3-5-7-12-17(4-2)24-19(23)20(14-13-18(22)21-15-20)16-10-8-6-9-11-16/h6,8-11,17H,3-5,7,12-15H2,1-2H3,(H,21,22). The normalized spacial score (nSPS) is 21.8. The number of esters is 1. The van der Waals surface area contributed by atoms with Crippen LogP contribution in [0.15, 0.2) is 30.3 Å². The van der Waals surface area contributed by atoms with Crippen LogP contribution in [0.3, 0.4) is 0 Å². The first-order valence-corrected chi connectivity index (χ1v) is 9.15. The first kappa shape index (κ1) is 18.5. The highest BCUT2D eigenvalue weighted by Crippen LogP contribution is 2.34. The van der Waals surface area contributed by atoms with Crippen molar-refractivity contribution in [2.24, 2.45) is 0 Å². The van der Waals surface area contributed by atoms with Crippen molar-refractivity contribution in [1.29, 1.82) is 0 Å². The lowest BCUT2D eigenvalue weighted by molar-refractivity contribution is -0.158. The Morgan fingerprint density at radius 3 is 2.58 bits per heavy atom. The Morgan fingerprint density at radius 2 is 2.00 bits per heavy atom. The van der Waals surface area contributed by atoms with Crippen molar-refractivity contribution in [3.63, 3.8) is 0 Å². The van der Waals surface area contributed by atoms with Gasteiger partial charge in [0.05, 0.1) is 0 Å². The number of hydrogen-bond donors (Lipinski definition) is 1. The van der Waals surface area contributed by atoms with E-state index in [1.807, 2.05) is 30.3 Å². The molecule has 1 fully saturated rings. The van der Waals surface area contributed by atoms with Crippen LogP contribution in [0.5, 0.6) is 0 Å². The summed E-state index contributed by atoms with van der Waals surface area (Å²) in [4.78, 5) is 24.6. The summed E-state index contributed by atoms with van der Waals surface area (Å²) in [5.74, 6) is -0.193. The number of carbonyl (C=O) groups is 2. The van der Waals surface area contributed by atoms with Crippen LogP contribution >= 0.6 is 0 Å². The van der Waals surface area contributed by atoms with Crippen molar-refractivity contribution >= 4 is 11.9 Å². The molecule has 0 spiro atoms. The Morgan fingerprint density at radius 1 is 1.25 bits per heavy atom. The molecule has 132 valence electrons. The fourth-order valence-electron chi connectivity index (χ4n) is 3.28. The summed E-state index contributed by atoms with van der Waals surface area (Å²) >= 11 is 0. The molecule has 1 aromatic rings. The molecule has 1 amide bonds. The first-order valence-electron chi connectivity index (χ1n) is 9.15. The van der Waals surface area contributed by atoms with E-state index in [-0.39, 0.29) is 18.0 Å². The molecule has 1 heterocycles. The van der Waals surface area contributed by atoms with E-state index in [1.165, 1.54) is 0 Å². The van der Waals surface area contributed by atoms with Gasteiger partial charge in [0.15, 0.2) is 0 Å². The minimum atomic E-state index is -0.757. The summed E-state index contributed by atoms with van der Waals surface area (Å²) in [6.07, 6.45) is 5.96. The third-order valence-corrected chi connectivity index (χ3v) is 4.94. The van der Waals surface area contributed by atoms with E-state index in [1.54, 1.807) is 0 Å². The van der Waals surface area contributed by atoms with Gasteiger partial charge in [0.2, 0.25) is 5.91 Å². The lowest BCUT2D eigenvalue weighted by Crippen LogP contribution is -2.52. The summed E-state index contributed by atoms with van der Waals surface area (Å²) in [5, 5.41) is 2.86. The zero-order valence-corrected chi connectivity index (χ0v) is 14.8. The number of rotatable bonds is 8. The number of ether oxygens (including phenoxy) is 1. The van der Waals surface area contributed by atoms with E-state index in [4.69, 9.17) is 4.74 Å². The number of unbranched alkanes of at least 4 members (excludes halogenated alkanes) is 2. The van der Waals surface area contributed by atoms with Crippen molar-refractivity contribution in [3.8, 4) is 0 Å². The molecular weight excluding hydrogens is 302 g/mol. The molecule has 0 aliphatic carbocycles. The van der Waals surface area contributed by atoms with Gasteiger partial charge in [-0.25, -0.2) is 0 Å². The number of hydrogen-bond acceptors (Lipinski definition) is 3. The van der Waals surface area contributed by atoms with Crippen LogP contribution in [0.1, 0.15) is 64.4 Å². The van der Waals surface area contributed by atoms with E-state index in [9.17, 15) is 9.59 Å². The second kappa shape index (κ2) is 8.86. The molecule has 2 atom stereocenters. The van der Waals surface area contributed by atoms with Crippen molar-refractivity contribution in [1.82, 2.24) is 5.32 Å². The SMILES string of the molecule is CCCCCC(CC)OC(=O)C1(c2ccccc2)CCC(=O)NC1. The predicted octanol–water partition coefficient (Wildman–Crippen LogP) is 3.74. The van der Waals surface area contributed by atoms with Gasteiger partial charge in [0.25, 0.3) is 0 Å². The third-order valence-electron chi connectivity index (χ3n) is 4.94. The number of piperidine rings is 1. The Balaban J connectivity index is 2.14. The molecule has 1 aliphatic heterocycles. The van der Waals surface area contributed by atoms with Crippen molar-refractivity contribution in [3.05, 3.63) is 35.9 Å². The van der Waals surface area contributed by atoms with Crippen LogP contribution in [-0.2, 0) is 19.7 Å². The molecular formula is C20H29NO3. The average Bonchev–Trinajstić information content (AvgIpc) is 2.62. The highest BCUT2D eigenvalue weighted by Gasteiger charge is 2.45. The third kappa shape index (κ3) is 4.37. The first-order chi connectivity index (χ1) is 11.6. The fraction of sp³-hybridized carbons (Fsp3) is 0.600. The lowest BCUT2D eigenvalue weighted by Gasteiger charge is -2.36. The Labute approximate surface area is 145 Å². The minimum Gasteiger partial charge on any atom is -0.462 e. The van der Waals surface area contributed by atoms with Gasteiger partial charge in [0, 0.05) is 13.0 Å². The molecule has 1 saturated heterocycles. The van der Waals surface area contributed by atoms with Crippen LogP contribution in [0.2, 0.25) is 0 Å². The van der Waals surface area contributed by atoms with Gasteiger partial charge in [-0.05, 0) is 31.2 Å².